The van der Waals surface area contributed by atoms with Crippen LogP contribution in [0.15, 0.2) is 229 Å². The Hall–Kier alpha value is -9.39. The van der Waals surface area contributed by atoms with Gasteiger partial charge in [0.25, 0.3) is 0 Å². The molecule has 15 rings (SSSR count). The molecule has 11 aromatic carbocycles. The minimum Gasteiger partial charge on any atom is -0.456 e. The molecule has 6 nitrogen and oxygen atoms in total. The molecule has 69 heavy (non-hydrogen) atoms. The van der Waals surface area contributed by atoms with Gasteiger partial charge in [-0.15, -0.1) is 0 Å². The zero-order valence-electron chi connectivity index (χ0n) is 37.0. The summed E-state index contributed by atoms with van der Waals surface area (Å²) >= 11 is 0. The van der Waals surface area contributed by atoms with Gasteiger partial charge >= 0.3 is 0 Å². The summed E-state index contributed by atoms with van der Waals surface area (Å²) in [6.45, 7) is 0. The molecular weight excluding hydrogens is 843 g/mol. The average molecular weight is 880 g/mol. The van der Waals surface area contributed by atoms with Gasteiger partial charge in [0.15, 0.2) is 11.6 Å². The molecule has 15 aromatic rings. The normalized spacial score (nSPS) is 12.1. The third kappa shape index (κ3) is 5.63. The first-order valence-corrected chi connectivity index (χ1v) is 23.3. The van der Waals surface area contributed by atoms with Gasteiger partial charge in [-0.2, -0.15) is 9.97 Å². The fraction of sp³-hybridized carbons (Fsp3) is 0. The van der Waals surface area contributed by atoms with Crippen molar-refractivity contribution >= 4 is 97.9 Å². The molecule has 0 aliphatic rings. The van der Waals surface area contributed by atoms with Crippen LogP contribution < -0.4 is 0 Å². The third-order valence-electron chi connectivity index (χ3n) is 14.2. The number of rotatable bonds is 5. The lowest BCUT2D eigenvalue weighted by Gasteiger charge is -2.14. The molecule has 4 aromatic heterocycles. The highest BCUT2D eigenvalue weighted by Gasteiger charge is 2.24. The van der Waals surface area contributed by atoms with Crippen LogP contribution in [0.3, 0.4) is 0 Å². The molecule has 0 saturated carbocycles. The summed E-state index contributed by atoms with van der Waals surface area (Å²) in [4.78, 5) is 15.9. The summed E-state index contributed by atoms with van der Waals surface area (Å²) in [5.41, 5.74) is 11.1. The van der Waals surface area contributed by atoms with Gasteiger partial charge in [-0.05, 0) is 98.0 Å². The number of benzene rings is 11. The van der Waals surface area contributed by atoms with Gasteiger partial charge in [0.1, 0.15) is 11.2 Å². The van der Waals surface area contributed by atoms with Crippen molar-refractivity contribution in [2.24, 2.45) is 0 Å². The molecule has 0 unspecified atom stereocenters. The zero-order chi connectivity index (χ0) is 45.2. The van der Waals surface area contributed by atoms with Crippen molar-refractivity contribution < 1.29 is 4.42 Å². The van der Waals surface area contributed by atoms with E-state index in [1.54, 1.807) is 0 Å². The molecular formula is C63H37N5O. The Labute approximate surface area is 394 Å². The van der Waals surface area contributed by atoms with Crippen LogP contribution in [-0.4, -0.2) is 24.1 Å². The number of nitrogens with zero attached hydrogens (tertiary/aromatic N) is 5. The van der Waals surface area contributed by atoms with Crippen LogP contribution in [0.1, 0.15) is 0 Å². The fourth-order valence-electron chi connectivity index (χ4n) is 11.0. The Balaban J connectivity index is 0.964. The van der Waals surface area contributed by atoms with E-state index in [0.717, 1.165) is 82.5 Å². The van der Waals surface area contributed by atoms with E-state index in [1.165, 1.54) is 43.3 Å². The van der Waals surface area contributed by atoms with E-state index in [1.807, 2.05) is 48.5 Å². The van der Waals surface area contributed by atoms with Gasteiger partial charge in [-0.25, -0.2) is 4.98 Å². The van der Waals surface area contributed by atoms with Crippen molar-refractivity contribution in [1.29, 1.82) is 0 Å². The summed E-state index contributed by atoms with van der Waals surface area (Å²) in [5.74, 6) is 1.71. The molecule has 0 radical (unpaired) electrons. The van der Waals surface area contributed by atoms with Crippen LogP contribution in [0.4, 0.5) is 0 Å². The van der Waals surface area contributed by atoms with E-state index in [-0.39, 0.29) is 0 Å². The Morgan fingerprint density at radius 1 is 0.275 bits per heavy atom. The third-order valence-corrected chi connectivity index (χ3v) is 14.2. The van der Waals surface area contributed by atoms with Crippen molar-refractivity contribution in [2.75, 3.05) is 0 Å². The van der Waals surface area contributed by atoms with Gasteiger partial charge in [-0.3, -0.25) is 4.57 Å². The maximum atomic E-state index is 6.24. The summed E-state index contributed by atoms with van der Waals surface area (Å²) in [6, 6.07) is 79.9. The number of hydrogen-bond donors (Lipinski definition) is 0. The molecule has 0 fully saturated rings. The number of aromatic nitrogens is 5. The van der Waals surface area contributed by atoms with E-state index in [2.05, 4.69) is 185 Å². The topological polar surface area (TPSA) is 61.7 Å². The highest BCUT2D eigenvalue weighted by atomic mass is 16.3. The molecule has 0 saturated heterocycles. The SMILES string of the molecule is c1ccc(-c2nc(-c3ccc4oc5ccccc5c4c3)nc(-n3c4ccccc4c4ccc5c6ccccc6n(-c6ccc(-c7ccc8c9ccccc9c9ccccc9c8c7)cc6)c5c43)n2)cc1. The largest absolute Gasteiger partial charge is 0.456 e. The second kappa shape index (κ2) is 14.6. The predicted octanol–water partition coefficient (Wildman–Crippen LogP) is 16.4. The molecule has 4 heterocycles. The first kappa shape index (κ1) is 37.8. The first-order valence-electron chi connectivity index (χ1n) is 23.3. The van der Waals surface area contributed by atoms with E-state index in [9.17, 15) is 0 Å². The van der Waals surface area contributed by atoms with Crippen LogP contribution >= 0.6 is 0 Å². The summed E-state index contributed by atoms with van der Waals surface area (Å²) in [7, 11) is 0. The Bertz CT molecular complexity index is 4560. The van der Waals surface area contributed by atoms with Crippen LogP contribution in [0.2, 0.25) is 0 Å². The minimum atomic E-state index is 0.540. The molecule has 0 bridgehead atoms. The smallest absolute Gasteiger partial charge is 0.238 e. The van der Waals surface area contributed by atoms with Gasteiger partial charge < -0.3 is 8.98 Å². The van der Waals surface area contributed by atoms with E-state index in [0.29, 0.717) is 17.6 Å². The lowest BCUT2D eigenvalue weighted by atomic mass is 9.92. The summed E-state index contributed by atoms with van der Waals surface area (Å²) in [6.07, 6.45) is 0. The zero-order valence-corrected chi connectivity index (χ0v) is 37.0. The van der Waals surface area contributed by atoms with E-state index < -0.39 is 0 Å². The highest BCUT2D eigenvalue weighted by molar-refractivity contribution is 6.26. The molecule has 6 heteroatoms. The van der Waals surface area contributed by atoms with E-state index >= 15 is 0 Å². The Kier molecular flexibility index (Phi) is 7.97. The molecule has 0 aliphatic carbocycles. The number of furan rings is 1. The fourth-order valence-corrected chi connectivity index (χ4v) is 11.0. The highest BCUT2D eigenvalue weighted by Crippen LogP contribution is 2.43. The van der Waals surface area contributed by atoms with Gasteiger partial charge in [0.05, 0.1) is 22.1 Å². The van der Waals surface area contributed by atoms with Gasteiger partial charge in [0, 0.05) is 49.1 Å². The van der Waals surface area contributed by atoms with E-state index in [4.69, 9.17) is 19.4 Å². The monoisotopic (exact) mass is 879 g/mol. The molecule has 0 spiro atoms. The first-order chi connectivity index (χ1) is 34.2. The van der Waals surface area contributed by atoms with Crippen molar-refractivity contribution in [2.45, 2.75) is 0 Å². The minimum absolute atomic E-state index is 0.540. The van der Waals surface area contributed by atoms with Crippen LogP contribution in [-0.2, 0) is 0 Å². The number of para-hydroxylation sites is 3. The predicted molar refractivity (Wildman–Crippen MR) is 285 cm³/mol. The lowest BCUT2D eigenvalue weighted by molar-refractivity contribution is 0.669. The second-order valence-electron chi connectivity index (χ2n) is 17.9. The number of fused-ring (bicyclic) bond motifs is 16. The molecule has 0 N–H and O–H groups in total. The van der Waals surface area contributed by atoms with Crippen LogP contribution in [0, 0.1) is 0 Å². The summed E-state index contributed by atoms with van der Waals surface area (Å²) in [5, 5.41) is 14.3. The van der Waals surface area contributed by atoms with Crippen molar-refractivity contribution in [3.05, 3.63) is 224 Å². The number of hydrogen-bond acceptors (Lipinski definition) is 4. The molecule has 0 atom stereocenters. The van der Waals surface area contributed by atoms with Crippen LogP contribution in [0.25, 0.3) is 143 Å². The standard InChI is InChI=1S/C63H37N5O/c1-2-14-39(15-3-1)61-64-62(41-29-35-58-54(37-41)50-22-10-13-25-57(50)69-58)66-63(65-61)68-56-24-12-9-21-49(56)52-34-33-51-48-20-8-11-23-55(48)67(59(51)60(52)68)42-30-26-38(27-31-42)40-28-32-47-45-18-5-4-16-43(45)44-17-6-7-19-46(44)53(47)36-40/h1-37H. The second-order valence-corrected chi connectivity index (χ2v) is 17.9. The van der Waals surface area contributed by atoms with Crippen LogP contribution in [0.5, 0.6) is 0 Å². The van der Waals surface area contributed by atoms with Gasteiger partial charge in [-0.1, -0.05) is 170 Å². The maximum Gasteiger partial charge on any atom is 0.238 e. The molecule has 320 valence electrons. The average Bonchev–Trinajstić information content (AvgIpc) is 4.09. The Morgan fingerprint density at radius 2 is 0.739 bits per heavy atom. The van der Waals surface area contributed by atoms with Gasteiger partial charge in [0.2, 0.25) is 5.95 Å². The Morgan fingerprint density at radius 3 is 1.42 bits per heavy atom. The lowest BCUT2D eigenvalue weighted by Crippen LogP contribution is -2.07. The maximum absolute atomic E-state index is 6.24. The molecule has 0 aliphatic heterocycles. The summed E-state index contributed by atoms with van der Waals surface area (Å²) < 4.78 is 10.9. The molecule has 0 amide bonds. The van der Waals surface area contributed by atoms with Crippen molar-refractivity contribution in [1.82, 2.24) is 24.1 Å². The quantitative estimate of drug-likeness (QED) is 0.162. The van der Waals surface area contributed by atoms with Crippen molar-refractivity contribution in [3.63, 3.8) is 0 Å². The van der Waals surface area contributed by atoms with Crippen molar-refractivity contribution in [3.8, 4) is 45.5 Å².